The van der Waals surface area contributed by atoms with Crippen molar-refractivity contribution in [1.29, 1.82) is 0 Å². The number of nitrogens with one attached hydrogen (secondary N) is 2. The Kier molecular flexibility index (Phi) is 20.7. The van der Waals surface area contributed by atoms with Crippen molar-refractivity contribution >= 4 is 21.5 Å². The molecule has 0 aliphatic carbocycles. The van der Waals surface area contributed by atoms with Gasteiger partial charge in [0.2, 0.25) is 5.76 Å². The van der Waals surface area contributed by atoms with Crippen molar-refractivity contribution in [3.8, 4) is 11.5 Å². The number of tetrazole rings is 1. The summed E-state index contributed by atoms with van der Waals surface area (Å²) in [7, 11) is -2.56. The van der Waals surface area contributed by atoms with E-state index in [0.717, 1.165) is 23.1 Å². The van der Waals surface area contributed by atoms with Gasteiger partial charge in [-0.1, -0.05) is 92.3 Å². The summed E-state index contributed by atoms with van der Waals surface area (Å²) >= 11 is 0. The Morgan fingerprint density at radius 1 is 1.08 bits per heavy atom. The first-order valence-electron chi connectivity index (χ1n) is 17.1. The van der Waals surface area contributed by atoms with Gasteiger partial charge in [0.05, 0.1) is 23.8 Å². The highest BCUT2D eigenvalue weighted by molar-refractivity contribution is 7.93. The standard InChI is InChI=1S/C37H50N6O5S.C3H6/c1-11-15-16-19-31(25-28(7)36-39-42-43-40-36)29(8)38-37(47-24-12-2)35(48-33-21-18-17-20-32(33)46-10)30(9)41-49(44,45)34(27(6)14-4)23-22-26(5)13-3;1-3-2/h12-13,15-23,25,29,41H,2,11,14,24H2,1,3-10H3,(H,39,40,42,43);3H,1H2,2H3/b16-15+,23-22-,26-13-,28-25+,31-19+,34-27-,35-30-,38-37?;. The quantitative estimate of drug-likeness (QED) is 0.0509. The van der Waals surface area contributed by atoms with Gasteiger partial charge in [0.1, 0.15) is 6.61 Å². The number of ether oxygens (including phenoxy) is 3. The number of H-pyrrole nitrogens is 1. The number of sulfonamides is 1. The molecule has 12 heteroatoms. The van der Waals surface area contributed by atoms with Gasteiger partial charge in [-0.3, -0.25) is 4.72 Å². The lowest BCUT2D eigenvalue weighted by molar-refractivity contribution is 0.312. The summed E-state index contributed by atoms with van der Waals surface area (Å²) in [6, 6.07) is 6.53. The van der Waals surface area contributed by atoms with Crippen LogP contribution >= 0.6 is 0 Å². The van der Waals surface area contributed by atoms with E-state index in [9.17, 15) is 8.42 Å². The molecule has 0 aliphatic rings. The molecule has 2 N–H and O–H groups in total. The molecule has 0 saturated heterocycles. The second-order valence-corrected chi connectivity index (χ2v) is 13.0. The van der Waals surface area contributed by atoms with Crippen LogP contribution in [-0.4, -0.2) is 54.7 Å². The lowest BCUT2D eigenvalue weighted by Crippen LogP contribution is -2.28. The van der Waals surface area contributed by atoms with Crippen LogP contribution in [0.3, 0.4) is 0 Å². The first-order chi connectivity index (χ1) is 24.8. The molecule has 0 radical (unpaired) electrons. The zero-order valence-electron chi connectivity index (χ0n) is 32.4. The van der Waals surface area contributed by atoms with Crippen LogP contribution in [-0.2, 0) is 14.8 Å². The number of aliphatic imine (C=N–C) groups is 1. The average Bonchev–Trinajstić information content (AvgIpc) is 3.67. The van der Waals surface area contributed by atoms with Crippen molar-refractivity contribution in [3.63, 3.8) is 0 Å². The van der Waals surface area contributed by atoms with Crippen molar-refractivity contribution in [3.05, 3.63) is 131 Å². The van der Waals surface area contributed by atoms with Crippen molar-refractivity contribution in [1.82, 2.24) is 25.3 Å². The number of rotatable bonds is 18. The van der Waals surface area contributed by atoms with E-state index in [1.54, 1.807) is 62.4 Å². The summed E-state index contributed by atoms with van der Waals surface area (Å²) in [5.41, 5.74) is 3.32. The molecule has 2 rings (SSSR count). The summed E-state index contributed by atoms with van der Waals surface area (Å²) in [4.78, 5) is 5.09. The molecule has 52 heavy (non-hydrogen) atoms. The number of aromatic amines is 1. The number of methoxy groups -OCH3 is 1. The topological polar surface area (TPSA) is 141 Å². The summed E-state index contributed by atoms with van der Waals surface area (Å²) < 4.78 is 48.8. The van der Waals surface area contributed by atoms with E-state index in [-0.39, 0.29) is 28.9 Å². The highest BCUT2D eigenvalue weighted by atomic mass is 32.2. The number of aromatic nitrogens is 4. The molecule has 0 bridgehead atoms. The summed E-state index contributed by atoms with van der Waals surface area (Å²) in [5.74, 6) is 1.31. The smallest absolute Gasteiger partial charge is 0.261 e. The first kappa shape index (κ1) is 44.8. The number of benzene rings is 1. The Hall–Kier alpha value is -5.23. The van der Waals surface area contributed by atoms with Gasteiger partial charge in [-0.05, 0) is 95.9 Å². The summed E-state index contributed by atoms with van der Waals surface area (Å²) in [5, 5.41) is 14.3. The van der Waals surface area contributed by atoms with Gasteiger partial charge in [-0.15, -0.1) is 16.8 Å². The largest absolute Gasteiger partial charge is 0.493 e. The second-order valence-electron chi connectivity index (χ2n) is 11.4. The molecular weight excluding hydrogens is 677 g/mol. The van der Waals surface area contributed by atoms with Gasteiger partial charge < -0.3 is 14.2 Å². The van der Waals surface area contributed by atoms with Crippen LogP contribution in [0.25, 0.3) is 5.57 Å². The minimum absolute atomic E-state index is 0.0474. The maximum Gasteiger partial charge on any atom is 0.261 e. The van der Waals surface area contributed by atoms with Crippen molar-refractivity contribution < 1.29 is 22.6 Å². The van der Waals surface area contributed by atoms with Gasteiger partial charge in [-0.2, -0.15) is 5.21 Å². The molecule has 1 atom stereocenters. The predicted molar refractivity (Wildman–Crippen MR) is 214 cm³/mol. The van der Waals surface area contributed by atoms with Gasteiger partial charge in [0.25, 0.3) is 15.9 Å². The summed E-state index contributed by atoms with van der Waals surface area (Å²) in [6.45, 7) is 24.0. The van der Waals surface area contributed by atoms with Gasteiger partial charge >= 0.3 is 0 Å². The highest BCUT2D eigenvalue weighted by Crippen LogP contribution is 2.30. The maximum atomic E-state index is 14.0. The molecule has 2 aromatic rings. The van der Waals surface area contributed by atoms with Crippen molar-refractivity contribution in [2.45, 2.75) is 81.2 Å². The molecule has 11 nitrogen and oxygen atoms in total. The molecule has 1 aromatic carbocycles. The minimum Gasteiger partial charge on any atom is -0.493 e. The SMILES string of the molecule is C=CC.C=CCOC(=NC(C)C(/C=C(\C)c1nn[nH]n1)=C/C=C/CC)/C(Oc1ccccc1OC)=C(\C)NS(=O)(=O)C(/C=C\C(C)=C/C)=C(/C)CC. The van der Waals surface area contributed by atoms with Crippen LogP contribution in [0.4, 0.5) is 0 Å². The molecule has 1 unspecified atom stereocenters. The fourth-order valence-corrected chi connectivity index (χ4v) is 5.61. The van der Waals surface area contributed by atoms with E-state index < -0.39 is 16.1 Å². The van der Waals surface area contributed by atoms with Gasteiger partial charge in [0.15, 0.2) is 17.3 Å². The molecule has 0 aliphatic heterocycles. The molecule has 0 saturated carbocycles. The lowest BCUT2D eigenvalue weighted by Gasteiger charge is -2.20. The first-order valence-corrected chi connectivity index (χ1v) is 18.5. The Bertz CT molecular complexity index is 1810. The van der Waals surface area contributed by atoms with E-state index in [2.05, 4.69) is 38.5 Å². The van der Waals surface area contributed by atoms with Crippen molar-refractivity contribution in [2.75, 3.05) is 13.7 Å². The maximum absolute atomic E-state index is 14.0. The van der Waals surface area contributed by atoms with E-state index in [1.807, 2.05) is 78.8 Å². The zero-order chi connectivity index (χ0) is 39.1. The molecule has 0 fully saturated rings. The van der Waals surface area contributed by atoms with Gasteiger partial charge in [0, 0.05) is 0 Å². The van der Waals surface area contributed by atoms with Crippen molar-refractivity contribution in [2.24, 2.45) is 4.99 Å². The third-order valence-electron chi connectivity index (χ3n) is 7.17. The number of allylic oxidation sites excluding steroid dienone is 11. The normalized spacial score (nSPS) is 14.6. The van der Waals surface area contributed by atoms with Crippen LogP contribution in [0, 0.1) is 0 Å². The Balaban J connectivity index is 0.00000434. The number of nitrogens with zero attached hydrogens (tertiary/aromatic N) is 4. The molecule has 1 heterocycles. The average molecular weight is 733 g/mol. The molecule has 1 aromatic heterocycles. The highest BCUT2D eigenvalue weighted by Gasteiger charge is 2.25. The van der Waals surface area contributed by atoms with Crippen LogP contribution in [0.2, 0.25) is 0 Å². The van der Waals surface area contributed by atoms with Gasteiger partial charge in [-0.25, -0.2) is 13.4 Å². The number of hydrogen-bond donors (Lipinski definition) is 2. The van der Waals surface area contributed by atoms with Crippen LogP contribution in [0.15, 0.2) is 130 Å². The van der Waals surface area contributed by atoms with Crippen LogP contribution in [0.1, 0.15) is 81.0 Å². The fraction of sp³-hybridized carbons (Fsp3) is 0.350. The van der Waals surface area contributed by atoms with E-state index in [1.165, 1.54) is 7.11 Å². The van der Waals surface area contributed by atoms with Crippen LogP contribution in [0.5, 0.6) is 11.5 Å². The third kappa shape index (κ3) is 14.9. The Morgan fingerprint density at radius 2 is 1.75 bits per heavy atom. The second kappa shape index (κ2) is 24.0. The Labute approximate surface area is 311 Å². The number of hydrogen-bond acceptors (Lipinski definition) is 9. The van der Waals surface area contributed by atoms with E-state index >= 15 is 0 Å². The minimum atomic E-state index is -4.08. The molecular formula is C40H56N6O5S. The monoisotopic (exact) mass is 732 g/mol. The molecule has 282 valence electrons. The zero-order valence-corrected chi connectivity index (χ0v) is 33.2. The Morgan fingerprint density at radius 3 is 2.31 bits per heavy atom. The predicted octanol–water partition coefficient (Wildman–Crippen LogP) is 9.12. The van der Waals surface area contributed by atoms with Crippen LogP contribution < -0.4 is 14.2 Å². The summed E-state index contributed by atoms with van der Waals surface area (Å²) in [6.07, 6.45) is 17.8. The van der Waals surface area contributed by atoms with E-state index in [0.29, 0.717) is 29.3 Å². The molecule has 0 spiro atoms. The molecule has 0 amide bonds. The fourth-order valence-electron chi connectivity index (χ4n) is 4.15. The lowest BCUT2D eigenvalue weighted by atomic mass is 10.0. The van der Waals surface area contributed by atoms with E-state index in [4.69, 9.17) is 19.2 Å². The number of para-hydroxylation sites is 2. The third-order valence-corrected chi connectivity index (χ3v) is 8.81.